The Kier molecular flexibility index (Phi) is 5.39. The summed E-state index contributed by atoms with van der Waals surface area (Å²) in [6.07, 6.45) is 0. The van der Waals surface area contributed by atoms with Crippen molar-refractivity contribution in [2.24, 2.45) is 0 Å². The van der Waals surface area contributed by atoms with Crippen molar-refractivity contribution in [2.75, 3.05) is 20.3 Å². The zero-order valence-corrected chi connectivity index (χ0v) is 16.4. The highest BCUT2D eigenvalue weighted by Crippen LogP contribution is 2.43. The van der Waals surface area contributed by atoms with E-state index in [2.05, 4.69) is 17.5 Å². The third kappa shape index (κ3) is 3.56. The van der Waals surface area contributed by atoms with Crippen LogP contribution in [0.5, 0.6) is 5.75 Å². The van der Waals surface area contributed by atoms with Crippen LogP contribution in [-0.2, 0) is 4.74 Å². The standard InChI is InChI=1S/C22H18ClNO2S/c1-25-12-13-26-18-10-6-5-9-16(18)20-19(15-7-3-2-4-8-15)21-17(11-14-27-21)22(23)24-20/h2-11,14H,12-13H2,1H3. The van der Waals surface area contributed by atoms with Crippen molar-refractivity contribution in [2.45, 2.75) is 0 Å². The number of nitrogens with zero attached hydrogens (tertiary/aromatic N) is 1. The molecule has 0 radical (unpaired) electrons. The van der Waals surface area contributed by atoms with Crippen molar-refractivity contribution in [3.8, 4) is 28.1 Å². The van der Waals surface area contributed by atoms with Crippen LogP contribution in [0.3, 0.4) is 0 Å². The summed E-state index contributed by atoms with van der Waals surface area (Å²) in [5, 5.41) is 3.53. The molecule has 4 aromatic rings. The fourth-order valence-corrected chi connectivity index (χ4v) is 4.34. The quantitative estimate of drug-likeness (QED) is 0.283. The molecule has 5 heteroatoms. The van der Waals surface area contributed by atoms with E-state index in [9.17, 15) is 0 Å². The first-order valence-corrected chi connectivity index (χ1v) is 9.88. The van der Waals surface area contributed by atoms with Gasteiger partial charge in [0.25, 0.3) is 0 Å². The van der Waals surface area contributed by atoms with Gasteiger partial charge in [-0.3, -0.25) is 0 Å². The van der Waals surface area contributed by atoms with Crippen molar-refractivity contribution >= 4 is 33.0 Å². The first-order valence-electron chi connectivity index (χ1n) is 8.63. The average molecular weight is 396 g/mol. The van der Waals surface area contributed by atoms with Gasteiger partial charge in [-0.25, -0.2) is 4.98 Å². The molecule has 0 fully saturated rings. The summed E-state index contributed by atoms with van der Waals surface area (Å²) < 4.78 is 12.2. The molecular weight excluding hydrogens is 378 g/mol. The summed E-state index contributed by atoms with van der Waals surface area (Å²) in [4.78, 5) is 4.77. The Morgan fingerprint density at radius 1 is 0.963 bits per heavy atom. The highest BCUT2D eigenvalue weighted by molar-refractivity contribution is 7.18. The lowest BCUT2D eigenvalue weighted by Gasteiger charge is -2.15. The third-order valence-corrected chi connectivity index (χ3v) is 5.53. The summed E-state index contributed by atoms with van der Waals surface area (Å²) in [6.45, 7) is 1.00. The number of fused-ring (bicyclic) bond motifs is 1. The highest BCUT2D eigenvalue weighted by Gasteiger charge is 2.19. The van der Waals surface area contributed by atoms with E-state index in [1.807, 2.05) is 48.5 Å². The molecule has 0 aliphatic carbocycles. The van der Waals surface area contributed by atoms with Gasteiger partial charge in [0.15, 0.2) is 0 Å². The van der Waals surface area contributed by atoms with Crippen molar-refractivity contribution in [3.05, 3.63) is 71.2 Å². The molecular formula is C22H18ClNO2S. The van der Waals surface area contributed by atoms with Gasteiger partial charge in [-0.15, -0.1) is 11.3 Å². The van der Waals surface area contributed by atoms with Crippen LogP contribution in [0.4, 0.5) is 0 Å². The summed E-state index contributed by atoms with van der Waals surface area (Å²) in [5.41, 5.74) is 3.93. The van der Waals surface area contributed by atoms with Crippen LogP contribution >= 0.6 is 22.9 Å². The Morgan fingerprint density at radius 2 is 1.74 bits per heavy atom. The smallest absolute Gasteiger partial charge is 0.138 e. The molecule has 0 bridgehead atoms. The fourth-order valence-electron chi connectivity index (χ4n) is 3.08. The normalized spacial score (nSPS) is 11.0. The molecule has 27 heavy (non-hydrogen) atoms. The molecule has 0 amide bonds. The molecule has 0 spiro atoms. The van der Waals surface area contributed by atoms with E-state index in [1.165, 1.54) is 0 Å². The number of benzene rings is 2. The molecule has 2 aromatic heterocycles. The fraction of sp³-hybridized carbons (Fsp3) is 0.136. The van der Waals surface area contributed by atoms with Crippen molar-refractivity contribution in [1.82, 2.24) is 4.98 Å². The lowest BCUT2D eigenvalue weighted by Crippen LogP contribution is -2.05. The number of aromatic nitrogens is 1. The van der Waals surface area contributed by atoms with E-state index in [0.29, 0.717) is 18.4 Å². The summed E-state index contributed by atoms with van der Waals surface area (Å²) >= 11 is 8.20. The average Bonchev–Trinajstić information content (AvgIpc) is 3.19. The predicted molar refractivity (Wildman–Crippen MR) is 113 cm³/mol. The van der Waals surface area contributed by atoms with E-state index in [1.54, 1.807) is 18.4 Å². The molecule has 2 aromatic carbocycles. The minimum absolute atomic E-state index is 0.475. The summed E-state index contributed by atoms with van der Waals surface area (Å²) in [7, 11) is 1.66. The maximum atomic E-state index is 6.53. The Bertz CT molecular complexity index is 1060. The van der Waals surface area contributed by atoms with Gasteiger partial charge in [-0.2, -0.15) is 0 Å². The Balaban J connectivity index is 1.95. The van der Waals surface area contributed by atoms with Crippen LogP contribution in [0, 0.1) is 0 Å². The molecule has 0 aliphatic rings. The highest BCUT2D eigenvalue weighted by atomic mass is 35.5. The van der Waals surface area contributed by atoms with Crippen LogP contribution in [0.25, 0.3) is 32.5 Å². The lowest BCUT2D eigenvalue weighted by molar-refractivity contribution is 0.146. The minimum atomic E-state index is 0.475. The van der Waals surface area contributed by atoms with Crippen LogP contribution in [0.15, 0.2) is 66.0 Å². The van der Waals surface area contributed by atoms with E-state index >= 15 is 0 Å². The van der Waals surface area contributed by atoms with E-state index in [-0.39, 0.29) is 0 Å². The van der Waals surface area contributed by atoms with Crippen molar-refractivity contribution in [1.29, 1.82) is 0 Å². The van der Waals surface area contributed by atoms with E-state index < -0.39 is 0 Å². The zero-order chi connectivity index (χ0) is 18.6. The predicted octanol–water partition coefficient (Wildman–Crippen LogP) is 6.31. The molecule has 0 atom stereocenters. The molecule has 4 rings (SSSR count). The second-order valence-corrected chi connectivity index (χ2v) is 7.27. The number of halogens is 1. The largest absolute Gasteiger partial charge is 0.490 e. The number of hydrogen-bond donors (Lipinski definition) is 0. The summed E-state index contributed by atoms with van der Waals surface area (Å²) in [5.74, 6) is 0.770. The van der Waals surface area contributed by atoms with Gasteiger partial charge in [0.1, 0.15) is 17.5 Å². The second kappa shape index (κ2) is 8.09. The molecule has 0 unspecified atom stereocenters. The number of para-hydroxylation sites is 1. The molecule has 0 N–H and O–H groups in total. The Hall–Kier alpha value is -2.40. The first-order chi connectivity index (χ1) is 13.3. The molecule has 136 valence electrons. The molecule has 0 saturated heterocycles. The maximum absolute atomic E-state index is 6.53. The van der Waals surface area contributed by atoms with Gasteiger partial charge >= 0.3 is 0 Å². The monoisotopic (exact) mass is 395 g/mol. The minimum Gasteiger partial charge on any atom is -0.490 e. The van der Waals surface area contributed by atoms with Crippen LogP contribution in [-0.4, -0.2) is 25.3 Å². The Morgan fingerprint density at radius 3 is 2.56 bits per heavy atom. The molecule has 0 saturated carbocycles. The van der Waals surface area contributed by atoms with Gasteiger partial charge in [-0.05, 0) is 29.1 Å². The van der Waals surface area contributed by atoms with E-state index in [0.717, 1.165) is 38.2 Å². The first kappa shape index (κ1) is 18.0. The van der Waals surface area contributed by atoms with Crippen LogP contribution in [0.2, 0.25) is 5.15 Å². The van der Waals surface area contributed by atoms with Crippen LogP contribution < -0.4 is 4.74 Å². The zero-order valence-electron chi connectivity index (χ0n) is 14.8. The van der Waals surface area contributed by atoms with Gasteiger partial charge in [0.2, 0.25) is 0 Å². The molecule has 2 heterocycles. The second-order valence-electron chi connectivity index (χ2n) is 5.99. The number of methoxy groups -OCH3 is 1. The molecule has 0 aliphatic heterocycles. The number of hydrogen-bond acceptors (Lipinski definition) is 4. The Labute approximate surface area is 167 Å². The number of thiophene rings is 1. The van der Waals surface area contributed by atoms with E-state index in [4.69, 9.17) is 26.1 Å². The van der Waals surface area contributed by atoms with Gasteiger partial charge < -0.3 is 9.47 Å². The van der Waals surface area contributed by atoms with Gasteiger partial charge in [-0.1, -0.05) is 54.1 Å². The van der Waals surface area contributed by atoms with Crippen molar-refractivity contribution < 1.29 is 9.47 Å². The van der Waals surface area contributed by atoms with Gasteiger partial charge in [0.05, 0.1) is 12.3 Å². The maximum Gasteiger partial charge on any atom is 0.138 e. The topological polar surface area (TPSA) is 31.4 Å². The summed E-state index contributed by atoms with van der Waals surface area (Å²) in [6, 6.07) is 20.2. The lowest BCUT2D eigenvalue weighted by atomic mass is 9.98. The van der Waals surface area contributed by atoms with Crippen molar-refractivity contribution in [3.63, 3.8) is 0 Å². The van der Waals surface area contributed by atoms with Gasteiger partial charge in [0, 0.05) is 28.3 Å². The number of pyridine rings is 1. The third-order valence-electron chi connectivity index (χ3n) is 4.31. The number of rotatable bonds is 6. The SMILES string of the molecule is COCCOc1ccccc1-c1nc(Cl)c2ccsc2c1-c1ccccc1. The number of ether oxygens (including phenoxy) is 2. The molecule has 3 nitrogen and oxygen atoms in total. The van der Waals surface area contributed by atoms with Crippen LogP contribution in [0.1, 0.15) is 0 Å².